The molecule has 8 heteroatoms. The summed E-state index contributed by atoms with van der Waals surface area (Å²) in [7, 11) is 0. The lowest BCUT2D eigenvalue weighted by atomic mass is 10.2. The minimum absolute atomic E-state index is 0.0725. The fourth-order valence-electron chi connectivity index (χ4n) is 2.80. The molecular formula is C23H15ClN2O4S. The van der Waals surface area contributed by atoms with Gasteiger partial charge in [0.15, 0.2) is 0 Å². The number of thiophene rings is 1. The summed E-state index contributed by atoms with van der Waals surface area (Å²) in [6.07, 6.45) is 1.43. The van der Waals surface area contributed by atoms with Crippen molar-refractivity contribution in [1.29, 1.82) is 0 Å². The van der Waals surface area contributed by atoms with Crippen molar-refractivity contribution in [3.05, 3.63) is 93.8 Å². The van der Waals surface area contributed by atoms with E-state index in [1.54, 1.807) is 24.3 Å². The average Bonchev–Trinajstić information content (AvgIpc) is 3.11. The van der Waals surface area contributed by atoms with Crippen LogP contribution in [-0.4, -0.2) is 23.2 Å². The molecule has 4 rings (SSSR count). The number of phenolic OH excluding ortho intramolecular Hbond substituents is 1. The number of aromatic hydroxyl groups is 1. The van der Waals surface area contributed by atoms with Gasteiger partial charge in [-0.3, -0.25) is 4.79 Å². The Morgan fingerprint density at radius 1 is 1.03 bits per heavy atom. The topological polar surface area (TPSA) is 88.0 Å². The minimum atomic E-state index is -0.541. The third-order valence-corrected chi connectivity index (χ3v) is 5.95. The van der Waals surface area contributed by atoms with Crippen molar-refractivity contribution in [1.82, 2.24) is 5.43 Å². The number of phenols is 1. The maximum Gasteiger partial charge on any atom is 0.355 e. The first-order valence-electron chi connectivity index (χ1n) is 9.13. The van der Waals surface area contributed by atoms with Gasteiger partial charge in [0, 0.05) is 15.6 Å². The Balaban J connectivity index is 1.43. The molecule has 0 bridgehead atoms. The Morgan fingerprint density at radius 2 is 1.81 bits per heavy atom. The molecule has 31 heavy (non-hydrogen) atoms. The van der Waals surface area contributed by atoms with Crippen LogP contribution in [0.3, 0.4) is 0 Å². The predicted octanol–water partition coefficient (Wildman–Crippen LogP) is 5.24. The van der Waals surface area contributed by atoms with Gasteiger partial charge >= 0.3 is 5.97 Å². The van der Waals surface area contributed by atoms with Crippen LogP contribution in [0.25, 0.3) is 10.1 Å². The summed E-state index contributed by atoms with van der Waals surface area (Å²) in [4.78, 5) is 25.0. The molecule has 0 aliphatic heterocycles. The molecule has 3 aromatic carbocycles. The summed E-state index contributed by atoms with van der Waals surface area (Å²) in [5, 5.41) is 14.4. The summed E-state index contributed by atoms with van der Waals surface area (Å²) >= 11 is 7.62. The first-order chi connectivity index (χ1) is 15.0. The summed E-state index contributed by atoms with van der Waals surface area (Å²) < 4.78 is 6.38. The maximum absolute atomic E-state index is 12.6. The third kappa shape index (κ3) is 4.74. The van der Waals surface area contributed by atoms with Gasteiger partial charge in [0.2, 0.25) is 0 Å². The van der Waals surface area contributed by atoms with E-state index in [1.165, 1.54) is 41.8 Å². The van der Waals surface area contributed by atoms with Crippen molar-refractivity contribution in [2.45, 2.75) is 0 Å². The van der Waals surface area contributed by atoms with E-state index in [-0.39, 0.29) is 5.75 Å². The van der Waals surface area contributed by atoms with Crippen LogP contribution in [0.4, 0.5) is 0 Å². The predicted molar refractivity (Wildman–Crippen MR) is 121 cm³/mol. The zero-order valence-electron chi connectivity index (χ0n) is 15.9. The number of nitrogens with one attached hydrogen (secondary N) is 1. The number of nitrogens with zero attached hydrogens (tertiary/aromatic N) is 1. The normalized spacial score (nSPS) is 11.0. The number of fused-ring (bicyclic) bond motifs is 1. The second-order valence-corrected chi connectivity index (χ2v) is 7.88. The van der Waals surface area contributed by atoms with Crippen molar-refractivity contribution in [3.63, 3.8) is 0 Å². The van der Waals surface area contributed by atoms with Gasteiger partial charge in [0.1, 0.15) is 16.4 Å². The Labute approximate surface area is 186 Å². The summed E-state index contributed by atoms with van der Waals surface area (Å²) in [6.45, 7) is 0. The van der Waals surface area contributed by atoms with Crippen LogP contribution < -0.4 is 10.2 Å². The number of hydrogen-bond donors (Lipinski definition) is 2. The van der Waals surface area contributed by atoms with Gasteiger partial charge in [-0.25, -0.2) is 10.2 Å². The molecule has 0 spiro atoms. The van der Waals surface area contributed by atoms with Crippen molar-refractivity contribution < 1.29 is 19.4 Å². The molecular weight excluding hydrogens is 436 g/mol. The fraction of sp³-hybridized carbons (Fsp3) is 0. The van der Waals surface area contributed by atoms with Gasteiger partial charge in [0.25, 0.3) is 5.91 Å². The number of hydrazone groups is 1. The molecule has 6 nitrogen and oxygen atoms in total. The molecule has 0 aliphatic carbocycles. The summed E-state index contributed by atoms with van der Waals surface area (Å²) in [6, 6.07) is 20.0. The van der Waals surface area contributed by atoms with Crippen LogP contribution in [0.15, 0.2) is 77.9 Å². The fourth-order valence-corrected chi connectivity index (χ4v) is 4.18. The number of halogens is 1. The molecule has 2 N–H and O–H groups in total. The monoisotopic (exact) mass is 450 g/mol. The zero-order chi connectivity index (χ0) is 21.8. The van der Waals surface area contributed by atoms with Gasteiger partial charge in [-0.1, -0.05) is 41.9 Å². The van der Waals surface area contributed by atoms with Gasteiger partial charge < -0.3 is 9.84 Å². The van der Waals surface area contributed by atoms with Crippen molar-refractivity contribution >= 4 is 51.1 Å². The van der Waals surface area contributed by atoms with Crippen molar-refractivity contribution in [3.8, 4) is 11.5 Å². The molecule has 0 unspecified atom stereocenters. The van der Waals surface area contributed by atoms with E-state index >= 15 is 0 Å². The molecule has 0 atom stereocenters. The van der Waals surface area contributed by atoms with Crippen molar-refractivity contribution in [2.75, 3.05) is 0 Å². The van der Waals surface area contributed by atoms with Gasteiger partial charge in [-0.2, -0.15) is 5.10 Å². The Kier molecular flexibility index (Phi) is 5.97. The first-order valence-corrected chi connectivity index (χ1v) is 10.3. The molecule has 1 amide bonds. The number of amides is 1. The molecule has 154 valence electrons. The van der Waals surface area contributed by atoms with E-state index < -0.39 is 11.9 Å². The van der Waals surface area contributed by atoms with Crippen molar-refractivity contribution in [2.24, 2.45) is 5.10 Å². The van der Waals surface area contributed by atoms with E-state index in [4.69, 9.17) is 16.3 Å². The highest BCUT2D eigenvalue weighted by Crippen LogP contribution is 2.35. The van der Waals surface area contributed by atoms with Crippen LogP contribution in [-0.2, 0) is 0 Å². The lowest BCUT2D eigenvalue weighted by molar-refractivity contribution is 0.0740. The molecule has 0 saturated heterocycles. The lowest BCUT2D eigenvalue weighted by Gasteiger charge is -2.04. The van der Waals surface area contributed by atoms with E-state index in [9.17, 15) is 14.7 Å². The third-order valence-electron chi connectivity index (χ3n) is 4.30. The Morgan fingerprint density at radius 3 is 2.58 bits per heavy atom. The second-order valence-electron chi connectivity index (χ2n) is 6.45. The molecule has 1 heterocycles. The van der Waals surface area contributed by atoms with Gasteiger partial charge in [-0.05, 0) is 48.0 Å². The maximum atomic E-state index is 12.6. The highest BCUT2D eigenvalue weighted by Gasteiger charge is 2.19. The second kappa shape index (κ2) is 8.99. The van der Waals surface area contributed by atoms with Gasteiger partial charge in [-0.15, -0.1) is 11.3 Å². The van der Waals surface area contributed by atoms with Crippen LogP contribution in [0.2, 0.25) is 5.02 Å². The number of carbonyl (C=O) groups excluding carboxylic acids is 2. The van der Waals surface area contributed by atoms with Crippen LogP contribution >= 0.6 is 22.9 Å². The number of ether oxygens (including phenoxy) is 1. The quantitative estimate of drug-likeness (QED) is 0.188. The number of carbonyl (C=O) groups is 2. The molecule has 0 saturated carbocycles. The average molecular weight is 451 g/mol. The largest absolute Gasteiger partial charge is 0.508 e. The molecule has 0 radical (unpaired) electrons. The van der Waals surface area contributed by atoms with E-state index in [0.29, 0.717) is 26.8 Å². The number of benzene rings is 3. The molecule has 4 aromatic rings. The lowest BCUT2D eigenvalue weighted by Crippen LogP contribution is -2.17. The van der Waals surface area contributed by atoms with E-state index in [1.807, 2.05) is 24.3 Å². The minimum Gasteiger partial charge on any atom is -0.508 e. The smallest absolute Gasteiger partial charge is 0.355 e. The highest BCUT2D eigenvalue weighted by atomic mass is 35.5. The summed E-state index contributed by atoms with van der Waals surface area (Å²) in [5.74, 6) is -0.560. The van der Waals surface area contributed by atoms with Crippen LogP contribution in [0.1, 0.15) is 25.6 Å². The number of esters is 1. The van der Waals surface area contributed by atoms with Crippen LogP contribution in [0.5, 0.6) is 11.5 Å². The standard InChI is InChI=1S/C23H15ClN2O4S/c24-20-18-6-1-2-7-19(18)31-21(20)23(29)30-17-5-3-4-14(12-17)13-25-26-22(28)15-8-10-16(27)11-9-15/h1-13,27H,(H,26,28)/b25-13+. The van der Waals surface area contributed by atoms with E-state index in [0.717, 1.165) is 10.1 Å². The van der Waals surface area contributed by atoms with Gasteiger partial charge in [0.05, 0.1) is 11.2 Å². The molecule has 1 aromatic heterocycles. The first kappa shape index (κ1) is 20.6. The van der Waals surface area contributed by atoms with E-state index in [2.05, 4.69) is 10.5 Å². The number of rotatable bonds is 5. The zero-order valence-corrected chi connectivity index (χ0v) is 17.5. The molecule has 0 aliphatic rings. The molecule has 0 fully saturated rings. The Hall–Kier alpha value is -3.68. The summed E-state index contributed by atoms with van der Waals surface area (Å²) in [5.41, 5.74) is 3.38. The Bertz CT molecular complexity index is 1300. The SMILES string of the molecule is O=C(N/N=C/c1cccc(OC(=O)c2sc3ccccc3c2Cl)c1)c1ccc(O)cc1. The van der Waals surface area contributed by atoms with Crippen LogP contribution in [0, 0.1) is 0 Å². The number of hydrogen-bond acceptors (Lipinski definition) is 6. The highest BCUT2D eigenvalue weighted by molar-refractivity contribution is 7.21.